The highest BCUT2D eigenvalue weighted by atomic mass is 35.5. The van der Waals surface area contributed by atoms with E-state index in [4.69, 9.17) is 40.6 Å². The van der Waals surface area contributed by atoms with Gasteiger partial charge in [0.15, 0.2) is 0 Å². The van der Waals surface area contributed by atoms with Crippen LogP contribution in [0, 0.1) is 11.2 Å². The van der Waals surface area contributed by atoms with Crippen LogP contribution in [0.25, 0.3) is 5.57 Å². The Labute approximate surface area is 140 Å². The second-order valence-corrected chi connectivity index (χ2v) is 7.12. The quantitative estimate of drug-likeness (QED) is 0.428. The van der Waals surface area contributed by atoms with Crippen molar-refractivity contribution in [2.24, 2.45) is 17.0 Å². The van der Waals surface area contributed by atoms with Gasteiger partial charge in [-0.3, -0.25) is 4.84 Å². The fourth-order valence-corrected chi connectivity index (χ4v) is 2.47. The van der Waals surface area contributed by atoms with Crippen LogP contribution in [0.15, 0.2) is 11.2 Å². The van der Waals surface area contributed by atoms with Crippen molar-refractivity contribution in [2.45, 2.75) is 33.6 Å². The molecule has 0 radical (unpaired) electrons. The Morgan fingerprint density at radius 2 is 1.95 bits per heavy atom. The molecule has 0 spiro atoms. The number of rotatable bonds is 5. The lowest BCUT2D eigenvalue weighted by atomic mass is 9.86. The Balaban J connectivity index is 3.48. The first kappa shape index (κ1) is 19.0. The van der Waals surface area contributed by atoms with Gasteiger partial charge in [0.2, 0.25) is 0 Å². The summed E-state index contributed by atoms with van der Waals surface area (Å²) in [5.74, 6) is 4.53. The lowest BCUT2D eigenvalue weighted by Gasteiger charge is -2.22. The Morgan fingerprint density at radius 1 is 1.36 bits per heavy atom. The molecule has 0 atom stereocenters. The molecule has 0 aliphatic carbocycles. The van der Waals surface area contributed by atoms with Gasteiger partial charge >= 0.3 is 0 Å². The van der Waals surface area contributed by atoms with Crippen LogP contribution in [0.1, 0.15) is 38.3 Å². The van der Waals surface area contributed by atoms with Crippen molar-refractivity contribution in [1.82, 2.24) is 0 Å². The fourth-order valence-electron chi connectivity index (χ4n) is 2.11. The van der Waals surface area contributed by atoms with E-state index < -0.39 is 5.82 Å². The standard InChI is InChI=1S/C15H22Cl2FN3O/c1-15(2,3)5-4-8-12(9(7-22-21)14(17)20)11(18)6-10(16)13(8)19/h6H,4-5,7,19-21H2,1-3H3/b14-9+. The highest BCUT2D eigenvalue weighted by molar-refractivity contribution is 6.34. The maximum absolute atomic E-state index is 14.5. The van der Waals surface area contributed by atoms with Crippen molar-refractivity contribution in [2.75, 3.05) is 12.3 Å². The molecule has 0 bridgehead atoms. The maximum atomic E-state index is 14.5. The van der Waals surface area contributed by atoms with E-state index in [1.54, 1.807) is 0 Å². The zero-order chi connectivity index (χ0) is 17.1. The van der Waals surface area contributed by atoms with Gasteiger partial charge < -0.3 is 11.5 Å². The fraction of sp³-hybridized carbons (Fsp3) is 0.467. The van der Waals surface area contributed by atoms with Gasteiger partial charge in [0.25, 0.3) is 0 Å². The summed E-state index contributed by atoms with van der Waals surface area (Å²) in [7, 11) is 0. The smallest absolute Gasteiger partial charge is 0.132 e. The molecule has 0 heterocycles. The molecule has 0 aromatic heterocycles. The molecule has 0 aliphatic rings. The minimum atomic E-state index is -0.557. The Morgan fingerprint density at radius 3 is 2.41 bits per heavy atom. The molecule has 4 nitrogen and oxygen atoms in total. The summed E-state index contributed by atoms with van der Waals surface area (Å²) in [5.41, 5.74) is 13.1. The molecule has 0 saturated carbocycles. The summed E-state index contributed by atoms with van der Waals surface area (Å²) in [6.45, 7) is 6.12. The van der Waals surface area contributed by atoms with Crippen molar-refractivity contribution in [3.8, 4) is 0 Å². The first-order valence-corrected chi connectivity index (χ1v) is 7.56. The zero-order valence-corrected chi connectivity index (χ0v) is 14.5. The van der Waals surface area contributed by atoms with E-state index in [0.29, 0.717) is 17.7 Å². The molecule has 0 aliphatic heterocycles. The van der Waals surface area contributed by atoms with E-state index in [2.05, 4.69) is 25.6 Å². The van der Waals surface area contributed by atoms with Crippen LogP contribution >= 0.6 is 23.2 Å². The summed E-state index contributed by atoms with van der Waals surface area (Å²) in [4.78, 5) is 4.58. The van der Waals surface area contributed by atoms with Crippen LogP contribution in [-0.4, -0.2) is 6.61 Å². The normalized spacial score (nSPS) is 13.2. The van der Waals surface area contributed by atoms with Crippen LogP contribution in [0.3, 0.4) is 0 Å². The van der Waals surface area contributed by atoms with Gasteiger partial charge in [-0.2, -0.15) is 0 Å². The van der Waals surface area contributed by atoms with E-state index in [1.165, 1.54) is 0 Å². The summed E-state index contributed by atoms with van der Waals surface area (Å²) < 4.78 is 14.5. The summed E-state index contributed by atoms with van der Waals surface area (Å²) in [5, 5.41) is 0.0643. The van der Waals surface area contributed by atoms with Crippen LogP contribution < -0.4 is 17.4 Å². The third-order valence-corrected chi connectivity index (χ3v) is 3.86. The van der Waals surface area contributed by atoms with Gasteiger partial charge in [0.1, 0.15) is 11.0 Å². The summed E-state index contributed by atoms with van der Waals surface area (Å²) in [6.07, 6.45) is 1.31. The lowest BCUT2D eigenvalue weighted by molar-refractivity contribution is 0.172. The number of nitrogens with two attached hydrogens (primary N) is 3. The predicted molar refractivity (Wildman–Crippen MR) is 90.7 cm³/mol. The molecule has 124 valence electrons. The van der Waals surface area contributed by atoms with E-state index in [-0.39, 0.29) is 33.3 Å². The van der Waals surface area contributed by atoms with Crippen LogP contribution in [0.2, 0.25) is 5.02 Å². The van der Waals surface area contributed by atoms with Gasteiger partial charge in [-0.1, -0.05) is 44.0 Å². The Bertz CT molecular complexity index is 579. The number of hydrogen-bond donors (Lipinski definition) is 3. The number of nitrogen functional groups attached to an aromatic ring is 1. The van der Waals surface area contributed by atoms with Crippen molar-refractivity contribution in [3.63, 3.8) is 0 Å². The molecule has 1 aromatic rings. The van der Waals surface area contributed by atoms with Crippen molar-refractivity contribution >= 4 is 34.5 Å². The van der Waals surface area contributed by atoms with Gasteiger partial charge in [0, 0.05) is 11.1 Å². The Hall–Kier alpha value is -1.01. The average Bonchev–Trinajstić information content (AvgIpc) is 2.38. The molecule has 0 amide bonds. The first-order valence-electron chi connectivity index (χ1n) is 6.81. The molecule has 6 N–H and O–H groups in total. The average molecular weight is 350 g/mol. The Kier molecular flexibility index (Phi) is 6.50. The van der Waals surface area contributed by atoms with Gasteiger partial charge in [-0.15, -0.1) is 0 Å². The van der Waals surface area contributed by atoms with Gasteiger partial charge in [0.05, 0.1) is 17.3 Å². The molecule has 1 rings (SSSR count). The second-order valence-electron chi connectivity index (χ2n) is 6.31. The summed E-state index contributed by atoms with van der Waals surface area (Å²) in [6, 6.07) is 1.14. The molecule has 1 aromatic carbocycles. The third-order valence-electron chi connectivity index (χ3n) is 3.32. The number of halogens is 3. The molecule has 22 heavy (non-hydrogen) atoms. The van der Waals surface area contributed by atoms with Crippen LogP contribution in [0.4, 0.5) is 10.1 Å². The van der Waals surface area contributed by atoms with E-state index in [1.807, 2.05) is 0 Å². The third kappa shape index (κ3) is 4.74. The first-order chi connectivity index (χ1) is 10.1. The van der Waals surface area contributed by atoms with E-state index >= 15 is 0 Å². The van der Waals surface area contributed by atoms with Crippen LogP contribution in [0.5, 0.6) is 0 Å². The lowest BCUT2D eigenvalue weighted by Crippen LogP contribution is -2.14. The van der Waals surface area contributed by atoms with Gasteiger partial charge in [-0.05, 0) is 29.9 Å². The predicted octanol–water partition coefficient (Wildman–Crippen LogP) is 3.80. The van der Waals surface area contributed by atoms with E-state index in [0.717, 1.165) is 12.5 Å². The summed E-state index contributed by atoms with van der Waals surface area (Å²) >= 11 is 11.9. The molecule has 0 unspecified atom stereocenters. The zero-order valence-electron chi connectivity index (χ0n) is 13.0. The second kappa shape index (κ2) is 7.51. The highest BCUT2D eigenvalue weighted by Gasteiger charge is 2.22. The monoisotopic (exact) mass is 349 g/mol. The topological polar surface area (TPSA) is 87.3 Å². The largest absolute Gasteiger partial charge is 0.397 e. The maximum Gasteiger partial charge on any atom is 0.132 e. The minimum absolute atomic E-state index is 0.0449. The van der Waals surface area contributed by atoms with Crippen molar-refractivity contribution in [1.29, 1.82) is 0 Å². The number of benzene rings is 1. The minimum Gasteiger partial charge on any atom is -0.397 e. The highest BCUT2D eigenvalue weighted by Crippen LogP contribution is 2.36. The van der Waals surface area contributed by atoms with Crippen LogP contribution in [-0.2, 0) is 11.3 Å². The molecular weight excluding hydrogens is 328 g/mol. The molecule has 0 saturated heterocycles. The van der Waals surface area contributed by atoms with Gasteiger partial charge in [-0.25, -0.2) is 10.3 Å². The molecular formula is C15H22Cl2FN3O. The number of hydrogen-bond acceptors (Lipinski definition) is 4. The van der Waals surface area contributed by atoms with Crippen molar-refractivity contribution < 1.29 is 9.23 Å². The molecule has 0 fully saturated rings. The van der Waals surface area contributed by atoms with Crippen molar-refractivity contribution in [3.05, 3.63) is 33.2 Å². The number of anilines is 1. The molecule has 7 heteroatoms. The van der Waals surface area contributed by atoms with E-state index in [9.17, 15) is 4.39 Å². The SMILES string of the molecule is CC(C)(C)CCc1c(N)c(Cl)cc(F)c1/C(CON)=C(/N)Cl.